The van der Waals surface area contributed by atoms with E-state index in [1.54, 1.807) is 173 Å². The second-order valence-corrected chi connectivity index (χ2v) is 26.4. The highest BCUT2D eigenvalue weighted by molar-refractivity contribution is 7.92. The van der Waals surface area contributed by atoms with Crippen LogP contribution in [0.5, 0.6) is 69.0 Å². The lowest BCUT2D eigenvalue weighted by Gasteiger charge is -2.12. The summed E-state index contributed by atoms with van der Waals surface area (Å²) in [5.74, 6) is 16.3. The largest absolute Gasteiger partial charge is 0.457 e. The van der Waals surface area contributed by atoms with Crippen LogP contribution in [-0.2, 0) is 29.5 Å². The lowest BCUT2D eigenvalue weighted by molar-refractivity contribution is 0.143. The number of rotatable bonds is 18. The van der Waals surface area contributed by atoms with Gasteiger partial charge in [-0.25, -0.2) is 25.3 Å². The van der Waals surface area contributed by atoms with Crippen LogP contribution in [0.4, 0.5) is 0 Å². The second kappa shape index (κ2) is 25.2. The molecule has 0 saturated heterocycles. The van der Waals surface area contributed by atoms with Crippen LogP contribution in [0, 0.1) is 23.7 Å². The molecular formula is C70H54O14S3. The van der Waals surface area contributed by atoms with Crippen LogP contribution in [0.2, 0.25) is 0 Å². The highest BCUT2D eigenvalue weighted by Crippen LogP contribution is 2.35. The number of sulfone groups is 3. The van der Waals surface area contributed by atoms with E-state index in [2.05, 4.69) is 23.7 Å². The fraction of sp³-hybridized carbons (Fsp3) is 0.0857. The minimum Gasteiger partial charge on any atom is -0.457 e. The molecule has 10 aromatic rings. The van der Waals surface area contributed by atoms with Gasteiger partial charge in [0, 0.05) is 23.3 Å². The van der Waals surface area contributed by atoms with Crippen molar-refractivity contribution in [2.45, 2.75) is 68.3 Å². The van der Waals surface area contributed by atoms with Gasteiger partial charge in [0.2, 0.25) is 29.5 Å². The zero-order chi connectivity index (χ0) is 61.4. The Hall–Kier alpha value is -10.1. The first-order chi connectivity index (χ1) is 41.5. The van der Waals surface area contributed by atoms with Gasteiger partial charge in [-0.15, -0.1) is 0 Å². The summed E-state index contributed by atoms with van der Waals surface area (Å²) >= 11 is 0. The van der Waals surface area contributed by atoms with Crippen molar-refractivity contribution >= 4 is 29.5 Å². The Morgan fingerprint density at radius 1 is 0.264 bits per heavy atom. The van der Waals surface area contributed by atoms with Crippen LogP contribution in [-0.4, -0.2) is 46.7 Å². The molecular weight excluding hydrogens is 1160 g/mol. The van der Waals surface area contributed by atoms with Crippen molar-refractivity contribution in [3.8, 4) is 92.7 Å². The van der Waals surface area contributed by atoms with Crippen LogP contribution in [0.25, 0.3) is 0 Å². The van der Waals surface area contributed by atoms with Crippen molar-refractivity contribution in [1.82, 2.24) is 0 Å². The first kappa shape index (κ1) is 60.0. The first-order valence-corrected chi connectivity index (χ1v) is 31.3. The van der Waals surface area contributed by atoms with E-state index in [0.29, 0.717) is 80.1 Å². The van der Waals surface area contributed by atoms with E-state index < -0.39 is 40.7 Å². The van der Waals surface area contributed by atoms with E-state index >= 15 is 0 Å². The van der Waals surface area contributed by atoms with Gasteiger partial charge in [-0.1, -0.05) is 47.9 Å². The molecule has 0 atom stereocenters. The average molecular weight is 1220 g/mol. The molecule has 10 aromatic carbocycles. The third-order valence-corrected chi connectivity index (χ3v) is 17.9. The summed E-state index contributed by atoms with van der Waals surface area (Å²) in [5.41, 5.74) is -0.988. The molecule has 436 valence electrons. The minimum atomic E-state index is -3.95. The Balaban J connectivity index is 0.700. The van der Waals surface area contributed by atoms with Crippen LogP contribution in [0.3, 0.4) is 0 Å². The van der Waals surface area contributed by atoms with Crippen LogP contribution in [0.1, 0.15) is 38.8 Å². The molecule has 0 bridgehead atoms. The molecule has 0 unspecified atom stereocenters. The van der Waals surface area contributed by atoms with Crippen molar-refractivity contribution in [2.24, 2.45) is 0 Å². The molecule has 0 radical (unpaired) electrons. The van der Waals surface area contributed by atoms with Crippen LogP contribution >= 0.6 is 0 Å². The number of hydrogen-bond acceptors (Lipinski definition) is 14. The van der Waals surface area contributed by atoms with Crippen LogP contribution in [0.15, 0.2) is 272 Å². The SMILES string of the molecule is CC(C)(O)C#Cc1cccc(Oc2ccc(S(=O)(=O)c3ccc(Oc4cccc(Oc5ccc(S(=O)(=O)c6ccc(Oc7cccc(Oc8ccc(S(=O)(=O)c9ccc(Oc%10cccc(C#CC(C)(C)O)c%10)cc9)cc8)c7)cc6)cc5)c4)cc3)cc2)c1. The summed E-state index contributed by atoms with van der Waals surface area (Å²) in [4.78, 5) is 0.344. The highest BCUT2D eigenvalue weighted by Gasteiger charge is 2.22. The smallest absolute Gasteiger partial charge is 0.206 e. The van der Waals surface area contributed by atoms with Gasteiger partial charge in [-0.2, -0.15) is 0 Å². The summed E-state index contributed by atoms with van der Waals surface area (Å²) in [6.45, 7) is 6.38. The molecule has 0 fully saturated rings. The average Bonchev–Trinajstić information content (AvgIpc) is 2.71. The molecule has 0 saturated carbocycles. The number of benzene rings is 10. The molecule has 0 spiro atoms. The quantitative estimate of drug-likeness (QED) is 0.0769. The van der Waals surface area contributed by atoms with E-state index in [9.17, 15) is 35.5 Å². The van der Waals surface area contributed by atoms with E-state index in [1.807, 2.05) is 0 Å². The van der Waals surface area contributed by atoms with Crippen molar-refractivity contribution in [1.29, 1.82) is 0 Å². The summed E-state index contributed by atoms with van der Waals surface area (Å²) in [6, 6.07) is 63.7. The first-order valence-electron chi connectivity index (χ1n) is 26.8. The normalized spacial score (nSPS) is 11.7. The van der Waals surface area contributed by atoms with Gasteiger partial charge in [-0.05, 0) is 234 Å². The Bertz CT molecular complexity index is 4300. The number of aliphatic hydroxyl groups is 2. The number of hydrogen-bond donors (Lipinski definition) is 2. The van der Waals surface area contributed by atoms with E-state index in [4.69, 9.17) is 28.4 Å². The molecule has 0 aliphatic rings. The predicted molar refractivity (Wildman–Crippen MR) is 328 cm³/mol. The summed E-state index contributed by atoms with van der Waals surface area (Å²) in [5, 5.41) is 19.9. The Kier molecular flexibility index (Phi) is 17.4. The summed E-state index contributed by atoms with van der Waals surface area (Å²) in [7, 11) is -11.7. The van der Waals surface area contributed by atoms with Gasteiger partial charge >= 0.3 is 0 Å². The molecule has 0 amide bonds. The van der Waals surface area contributed by atoms with Crippen LogP contribution < -0.4 is 28.4 Å². The third-order valence-electron chi connectivity index (χ3n) is 12.5. The molecule has 10 rings (SSSR count). The maximum absolute atomic E-state index is 13.7. The lowest BCUT2D eigenvalue weighted by atomic mass is 10.1. The molecule has 14 nitrogen and oxygen atoms in total. The van der Waals surface area contributed by atoms with Crippen molar-refractivity contribution < 1.29 is 63.9 Å². The van der Waals surface area contributed by atoms with Crippen molar-refractivity contribution in [3.05, 3.63) is 254 Å². The molecule has 0 heterocycles. The summed E-state index contributed by atoms with van der Waals surface area (Å²) in [6.07, 6.45) is 0. The van der Waals surface area contributed by atoms with E-state index in [0.717, 1.165) is 0 Å². The molecule has 87 heavy (non-hydrogen) atoms. The molecule has 17 heteroatoms. The second-order valence-electron chi connectivity index (χ2n) is 20.6. The van der Waals surface area contributed by atoms with E-state index in [-0.39, 0.29) is 29.4 Å². The van der Waals surface area contributed by atoms with Gasteiger partial charge in [0.15, 0.2) is 0 Å². The zero-order valence-corrected chi connectivity index (χ0v) is 49.6. The molecule has 2 N–H and O–H groups in total. The van der Waals surface area contributed by atoms with Gasteiger partial charge in [0.1, 0.15) is 80.2 Å². The lowest BCUT2D eigenvalue weighted by Crippen LogP contribution is -2.14. The predicted octanol–water partition coefficient (Wildman–Crippen LogP) is 15.2. The monoisotopic (exact) mass is 1210 g/mol. The van der Waals surface area contributed by atoms with Gasteiger partial charge < -0.3 is 38.6 Å². The van der Waals surface area contributed by atoms with Gasteiger partial charge in [-0.3, -0.25) is 0 Å². The maximum atomic E-state index is 13.7. The molecule has 0 aromatic heterocycles. The molecule has 0 aliphatic heterocycles. The Morgan fingerprint density at radius 3 is 0.644 bits per heavy atom. The topological polar surface area (TPSA) is 198 Å². The zero-order valence-electron chi connectivity index (χ0n) is 47.1. The highest BCUT2D eigenvalue weighted by atomic mass is 32.2. The third kappa shape index (κ3) is 15.8. The number of ether oxygens (including phenoxy) is 6. The van der Waals surface area contributed by atoms with Crippen molar-refractivity contribution in [3.63, 3.8) is 0 Å². The van der Waals surface area contributed by atoms with E-state index in [1.165, 1.54) is 97.1 Å². The standard InChI is InChI=1S/C70H54O14S3/c1-69(2,71)43-41-49-9-5-11-57(45-49)79-51-17-29-63(30-18-51)85(73,74)65-33-21-53(22-34-65)81-59-13-7-15-61(47-59)83-55-25-37-67(38-26-55)87(77,78)68-39-27-56(28-40-68)84-62-16-8-14-60(48-62)82-54-23-35-66(36-24-54)86(75,76)64-31-19-52(20-32-64)80-58-12-6-10-50(46-58)42-44-70(3,4)72/h5-40,45-48,71-72H,1-4H3. The van der Waals surface area contributed by atoms with Gasteiger partial charge in [0.05, 0.1) is 29.4 Å². The Morgan fingerprint density at radius 2 is 0.448 bits per heavy atom. The minimum absolute atomic E-state index is 0.0377. The van der Waals surface area contributed by atoms with Gasteiger partial charge in [0.25, 0.3) is 0 Å². The fourth-order valence-electron chi connectivity index (χ4n) is 8.27. The molecule has 0 aliphatic carbocycles. The maximum Gasteiger partial charge on any atom is 0.206 e. The summed E-state index contributed by atoms with van der Waals surface area (Å²) < 4.78 is 118. The Labute approximate surface area is 505 Å². The van der Waals surface area contributed by atoms with Crippen molar-refractivity contribution in [2.75, 3.05) is 0 Å². The fourth-order valence-corrected chi connectivity index (χ4v) is 12.1.